The first-order valence-electron chi connectivity index (χ1n) is 11.0. The number of nitrogens with one attached hydrogen (secondary N) is 1. The van der Waals surface area contributed by atoms with E-state index in [1.54, 1.807) is 0 Å². The van der Waals surface area contributed by atoms with Gasteiger partial charge in [0.1, 0.15) is 0 Å². The molecule has 0 saturated carbocycles. The molecule has 3 rings (SSSR count). The number of hydrogen-bond donors (Lipinski definition) is 2. The van der Waals surface area contributed by atoms with Crippen LogP contribution in [0, 0.1) is 0 Å². The van der Waals surface area contributed by atoms with Gasteiger partial charge in [-0.1, -0.05) is 12.1 Å². The number of hydrogen-bond acceptors (Lipinski definition) is 4. The van der Waals surface area contributed by atoms with E-state index in [1.165, 1.54) is 24.0 Å². The van der Waals surface area contributed by atoms with Crippen molar-refractivity contribution in [3.05, 3.63) is 34.9 Å². The van der Waals surface area contributed by atoms with Crippen LogP contribution in [0.5, 0.6) is 0 Å². The molecule has 3 N–H and O–H groups in total. The molecule has 1 aliphatic carbocycles. The molecule has 6 nitrogen and oxygen atoms in total. The Morgan fingerprint density at radius 3 is 2.59 bits per heavy atom. The lowest BCUT2D eigenvalue weighted by atomic mass is 9.89. The smallest absolute Gasteiger partial charge is 0.223 e. The number of benzene rings is 1. The highest BCUT2D eigenvalue weighted by Gasteiger charge is 2.27. The Morgan fingerprint density at radius 1 is 1.00 bits per heavy atom. The molecule has 6 heteroatoms. The molecule has 1 aromatic carbocycles. The van der Waals surface area contributed by atoms with Gasteiger partial charge in [-0.05, 0) is 62.1 Å². The number of ketones is 1. The quantitative estimate of drug-likeness (QED) is 0.657. The average Bonchev–Trinajstić information content (AvgIpc) is 2.76. The summed E-state index contributed by atoms with van der Waals surface area (Å²) < 4.78 is 0. The predicted molar refractivity (Wildman–Crippen MR) is 113 cm³/mol. The summed E-state index contributed by atoms with van der Waals surface area (Å²) in [5.74, 6) is -0.0290. The lowest BCUT2D eigenvalue weighted by Gasteiger charge is -2.36. The molecule has 1 fully saturated rings. The molecule has 1 saturated heterocycles. The summed E-state index contributed by atoms with van der Waals surface area (Å²) in [7, 11) is 0. The fraction of sp³-hybridized carbons (Fsp3) is 0.609. The Labute approximate surface area is 173 Å². The van der Waals surface area contributed by atoms with E-state index in [1.807, 2.05) is 17.0 Å². The molecule has 1 aliphatic heterocycles. The topological polar surface area (TPSA) is 92.5 Å². The fourth-order valence-corrected chi connectivity index (χ4v) is 4.41. The van der Waals surface area contributed by atoms with E-state index in [-0.39, 0.29) is 36.5 Å². The van der Waals surface area contributed by atoms with E-state index in [4.69, 9.17) is 5.73 Å². The van der Waals surface area contributed by atoms with E-state index in [2.05, 4.69) is 11.4 Å². The van der Waals surface area contributed by atoms with E-state index in [0.29, 0.717) is 26.1 Å². The molecule has 1 aromatic rings. The van der Waals surface area contributed by atoms with Crippen LogP contribution in [0.4, 0.5) is 0 Å². The van der Waals surface area contributed by atoms with Crippen molar-refractivity contribution in [1.29, 1.82) is 0 Å². The zero-order valence-electron chi connectivity index (χ0n) is 17.3. The molecule has 0 spiro atoms. The van der Waals surface area contributed by atoms with Crippen LogP contribution in [0.2, 0.25) is 0 Å². The molecule has 0 radical (unpaired) electrons. The van der Waals surface area contributed by atoms with Gasteiger partial charge >= 0.3 is 0 Å². The van der Waals surface area contributed by atoms with E-state index >= 15 is 0 Å². The SMILES string of the molecule is NCCC(=O)NCC1CCCCN1C(=O)CCC(=O)c1ccc2c(c1)CCCC2. The minimum atomic E-state index is -0.0759. The van der Waals surface area contributed by atoms with Crippen LogP contribution in [0.1, 0.15) is 72.9 Å². The second-order valence-electron chi connectivity index (χ2n) is 8.19. The largest absolute Gasteiger partial charge is 0.354 e. The maximum atomic E-state index is 12.8. The Kier molecular flexibility index (Phi) is 7.81. The van der Waals surface area contributed by atoms with Crippen molar-refractivity contribution in [2.45, 2.75) is 70.3 Å². The highest BCUT2D eigenvalue weighted by Crippen LogP contribution is 2.23. The summed E-state index contributed by atoms with van der Waals surface area (Å²) in [5, 5.41) is 2.88. The number of rotatable bonds is 8. The van der Waals surface area contributed by atoms with Gasteiger partial charge < -0.3 is 16.0 Å². The van der Waals surface area contributed by atoms with E-state index in [9.17, 15) is 14.4 Å². The van der Waals surface area contributed by atoms with E-state index < -0.39 is 0 Å². The number of carbonyl (C=O) groups is 3. The van der Waals surface area contributed by atoms with Crippen LogP contribution < -0.4 is 11.1 Å². The van der Waals surface area contributed by atoms with Crippen molar-refractivity contribution in [2.75, 3.05) is 19.6 Å². The van der Waals surface area contributed by atoms with Crippen molar-refractivity contribution in [2.24, 2.45) is 5.73 Å². The number of fused-ring (bicyclic) bond motifs is 1. The number of nitrogens with two attached hydrogens (primary N) is 1. The highest BCUT2D eigenvalue weighted by molar-refractivity contribution is 5.98. The summed E-state index contributed by atoms with van der Waals surface area (Å²) in [4.78, 5) is 39.0. The Bertz CT molecular complexity index is 747. The zero-order chi connectivity index (χ0) is 20.6. The summed E-state index contributed by atoms with van der Waals surface area (Å²) in [6.45, 7) is 1.48. The number of amides is 2. The second kappa shape index (κ2) is 10.5. The third kappa shape index (κ3) is 5.89. The lowest BCUT2D eigenvalue weighted by molar-refractivity contribution is -0.135. The number of Topliss-reactive ketones (excluding diaryl/α,β-unsaturated/α-hetero) is 1. The van der Waals surface area contributed by atoms with Gasteiger partial charge in [-0.2, -0.15) is 0 Å². The molecular weight excluding hydrogens is 366 g/mol. The normalized spacial score (nSPS) is 18.8. The molecule has 158 valence electrons. The first kappa shape index (κ1) is 21.5. The number of carbonyl (C=O) groups excluding carboxylic acids is 3. The summed E-state index contributed by atoms with van der Waals surface area (Å²) in [5.41, 5.74) is 8.78. The molecule has 29 heavy (non-hydrogen) atoms. The van der Waals surface area contributed by atoms with E-state index in [0.717, 1.165) is 37.7 Å². The van der Waals surface area contributed by atoms with Gasteiger partial charge in [-0.15, -0.1) is 0 Å². The third-order valence-electron chi connectivity index (χ3n) is 6.09. The standard InChI is InChI=1S/C23H33N3O3/c24-13-12-22(28)25-16-20-7-3-4-14-26(20)23(29)11-10-21(27)19-9-8-17-5-1-2-6-18(17)15-19/h8-9,15,20H,1-7,10-14,16,24H2,(H,25,28). The highest BCUT2D eigenvalue weighted by atomic mass is 16.2. The molecular formula is C23H33N3O3. The molecule has 0 aromatic heterocycles. The Hall–Kier alpha value is -2.21. The summed E-state index contributed by atoms with van der Waals surface area (Å²) in [6, 6.07) is 6.02. The molecule has 2 aliphatic rings. The van der Waals surface area contributed by atoms with Crippen molar-refractivity contribution in [3.8, 4) is 0 Å². The van der Waals surface area contributed by atoms with Crippen LogP contribution in [0.15, 0.2) is 18.2 Å². The van der Waals surface area contributed by atoms with Gasteiger partial charge in [0.25, 0.3) is 0 Å². The monoisotopic (exact) mass is 399 g/mol. The number of aryl methyl sites for hydroxylation is 2. The first-order chi connectivity index (χ1) is 14.1. The molecule has 0 bridgehead atoms. The first-order valence-corrected chi connectivity index (χ1v) is 11.0. The fourth-order valence-electron chi connectivity index (χ4n) is 4.41. The molecule has 2 amide bonds. The van der Waals surface area contributed by atoms with Gasteiger partial charge in [0, 0.05) is 50.5 Å². The molecule has 1 unspecified atom stereocenters. The van der Waals surface area contributed by atoms with Crippen molar-refractivity contribution >= 4 is 17.6 Å². The maximum Gasteiger partial charge on any atom is 0.223 e. The van der Waals surface area contributed by atoms with Gasteiger partial charge in [0.15, 0.2) is 5.78 Å². The zero-order valence-corrected chi connectivity index (χ0v) is 17.3. The van der Waals surface area contributed by atoms with Crippen LogP contribution in [-0.2, 0) is 22.4 Å². The minimum Gasteiger partial charge on any atom is -0.354 e. The molecule has 1 atom stereocenters. The average molecular weight is 400 g/mol. The van der Waals surface area contributed by atoms with Crippen LogP contribution in [0.3, 0.4) is 0 Å². The minimum absolute atomic E-state index is 0.00841. The van der Waals surface area contributed by atoms with Gasteiger partial charge in [0.05, 0.1) is 0 Å². The van der Waals surface area contributed by atoms with Crippen molar-refractivity contribution in [3.63, 3.8) is 0 Å². The predicted octanol–water partition coefficient (Wildman–Crippen LogP) is 2.37. The summed E-state index contributed by atoms with van der Waals surface area (Å²) in [6.07, 6.45) is 8.21. The van der Waals surface area contributed by atoms with Gasteiger partial charge in [0.2, 0.25) is 11.8 Å². The van der Waals surface area contributed by atoms with Crippen molar-refractivity contribution < 1.29 is 14.4 Å². The van der Waals surface area contributed by atoms with Crippen LogP contribution >= 0.6 is 0 Å². The van der Waals surface area contributed by atoms with Crippen LogP contribution in [-0.4, -0.2) is 48.2 Å². The van der Waals surface area contributed by atoms with Gasteiger partial charge in [-0.3, -0.25) is 14.4 Å². The molecule has 1 heterocycles. The number of nitrogens with zero attached hydrogens (tertiary/aromatic N) is 1. The lowest BCUT2D eigenvalue weighted by Crippen LogP contribution is -2.49. The maximum absolute atomic E-state index is 12.8. The Balaban J connectivity index is 1.52. The number of likely N-dealkylation sites (tertiary alicyclic amines) is 1. The Morgan fingerprint density at radius 2 is 1.79 bits per heavy atom. The summed E-state index contributed by atoms with van der Waals surface area (Å²) >= 11 is 0. The van der Waals surface area contributed by atoms with Crippen molar-refractivity contribution in [1.82, 2.24) is 10.2 Å². The van der Waals surface area contributed by atoms with Crippen LogP contribution in [0.25, 0.3) is 0 Å². The number of piperidine rings is 1. The third-order valence-corrected chi connectivity index (χ3v) is 6.09. The van der Waals surface area contributed by atoms with Gasteiger partial charge in [-0.25, -0.2) is 0 Å². The second-order valence-corrected chi connectivity index (χ2v) is 8.19.